The van der Waals surface area contributed by atoms with Crippen molar-refractivity contribution in [2.45, 2.75) is 12.6 Å². The number of nitrogens with zero attached hydrogens (tertiary/aromatic N) is 2. The minimum atomic E-state index is -0.832. The molecule has 0 aromatic heterocycles. The highest BCUT2D eigenvalue weighted by Crippen LogP contribution is 2.32. The lowest BCUT2D eigenvalue weighted by Gasteiger charge is -2.37. The highest BCUT2D eigenvalue weighted by atomic mass is 35.5. The summed E-state index contributed by atoms with van der Waals surface area (Å²) in [6, 6.07) is 5.65. The summed E-state index contributed by atoms with van der Waals surface area (Å²) in [5.41, 5.74) is 6.33. The van der Waals surface area contributed by atoms with Gasteiger partial charge in [-0.25, -0.2) is 4.39 Å². The summed E-state index contributed by atoms with van der Waals surface area (Å²) in [7, 11) is 0. The maximum atomic E-state index is 13.6. The number of benzene rings is 1. The van der Waals surface area contributed by atoms with Crippen LogP contribution in [0.5, 0.6) is 0 Å². The van der Waals surface area contributed by atoms with Crippen molar-refractivity contribution in [1.29, 1.82) is 0 Å². The van der Waals surface area contributed by atoms with Crippen molar-refractivity contribution in [3.63, 3.8) is 0 Å². The summed E-state index contributed by atoms with van der Waals surface area (Å²) >= 11 is 12.3. The molecule has 0 spiro atoms. The van der Waals surface area contributed by atoms with Crippen molar-refractivity contribution in [2.75, 3.05) is 44.2 Å². The van der Waals surface area contributed by atoms with E-state index >= 15 is 0 Å². The summed E-state index contributed by atoms with van der Waals surface area (Å²) in [5, 5.41) is 1.16. The number of hydrogen-bond acceptors (Lipinski definition) is 3. The van der Waals surface area contributed by atoms with Crippen LogP contribution in [-0.4, -0.2) is 50.3 Å². The minimum Gasteiger partial charge on any atom is -0.368 e. The molecule has 1 atom stereocenters. The van der Waals surface area contributed by atoms with E-state index in [0.717, 1.165) is 31.9 Å². The third kappa shape index (κ3) is 3.98. The van der Waals surface area contributed by atoms with Gasteiger partial charge < -0.3 is 10.6 Å². The smallest absolute Gasteiger partial charge is 0.114 e. The average Bonchev–Trinajstić information content (AvgIpc) is 2.43. The van der Waals surface area contributed by atoms with Gasteiger partial charge in [-0.1, -0.05) is 29.3 Å². The molecule has 0 saturated carbocycles. The number of anilines is 1. The molecule has 1 aromatic carbocycles. The molecule has 1 heterocycles. The molecule has 1 saturated heterocycles. The third-order valence-electron chi connectivity index (χ3n) is 3.58. The predicted molar refractivity (Wildman–Crippen MR) is 83.7 cm³/mol. The molecule has 1 aromatic rings. The maximum absolute atomic E-state index is 13.6. The Kier molecular flexibility index (Phi) is 5.90. The summed E-state index contributed by atoms with van der Waals surface area (Å²) in [4.78, 5) is 4.33. The largest absolute Gasteiger partial charge is 0.368 e. The van der Waals surface area contributed by atoms with Crippen LogP contribution in [0.15, 0.2) is 18.2 Å². The molecule has 1 unspecified atom stereocenters. The van der Waals surface area contributed by atoms with Crippen LogP contribution in [0.3, 0.4) is 0 Å². The van der Waals surface area contributed by atoms with Crippen molar-refractivity contribution in [2.24, 2.45) is 5.73 Å². The molecule has 1 fully saturated rings. The molecule has 6 heteroatoms. The van der Waals surface area contributed by atoms with E-state index in [2.05, 4.69) is 9.80 Å². The summed E-state index contributed by atoms with van der Waals surface area (Å²) in [5.74, 6) is 0. The lowest BCUT2D eigenvalue weighted by atomic mass is 10.2. The van der Waals surface area contributed by atoms with Gasteiger partial charge in [-0.15, -0.1) is 0 Å². The van der Waals surface area contributed by atoms with Crippen molar-refractivity contribution < 1.29 is 4.39 Å². The molecule has 3 nitrogen and oxygen atoms in total. The Labute approximate surface area is 129 Å². The fraction of sp³-hybridized carbons (Fsp3) is 0.571. The molecule has 1 aliphatic heterocycles. The SMILES string of the molecule is NCCC(F)CN1CCN(c2cccc(Cl)c2Cl)CC1. The first kappa shape index (κ1) is 15.8. The number of halogens is 3. The van der Waals surface area contributed by atoms with Crippen molar-refractivity contribution >= 4 is 28.9 Å². The Balaban J connectivity index is 1.89. The first-order valence-electron chi connectivity index (χ1n) is 6.87. The van der Waals surface area contributed by atoms with E-state index < -0.39 is 6.17 Å². The number of piperazine rings is 1. The fourth-order valence-electron chi connectivity index (χ4n) is 2.46. The van der Waals surface area contributed by atoms with E-state index in [1.54, 1.807) is 6.07 Å². The second-order valence-corrected chi connectivity index (χ2v) is 5.82. The third-order valence-corrected chi connectivity index (χ3v) is 4.39. The number of hydrogen-bond donors (Lipinski definition) is 1. The second-order valence-electron chi connectivity index (χ2n) is 5.04. The maximum Gasteiger partial charge on any atom is 0.114 e. The molecule has 20 heavy (non-hydrogen) atoms. The van der Waals surface area contributed by atoms with Crippen LogP contribution in [0, 0.1) is 0 Å². The lowest BCUT2D eigenvalue weighted by molar-refractivity contribution is 0.178. The van der Waals surface area contributed by atoms with E-state index in [0.29, 0.717) is 29.6 Å². The van der Waals surface area contributed by atoms with Crippen LogP contribution < -0.4 is 10.6 Å². The Morgan fingerprint density at radius 2 is 1.90 bits per heavy atom. The summed E-state index contributed by atoms with van der Waals surface area (Å²) < 4.78 is 13.6. The molecule has 2 rings (SSSR count). The Bertz CT molecular complexity index is 436. The van der Waals surface area contributed by atoms with Crippen LogP contribution in [0.1, 0.15) is 6.42 Å². The number of rotatable bonds is 5. The first-order chi connectivity index (χ1) is 9.61. The molecule has 2 N–H and O–H groups in total. The van der Waals surface area contributed by atoms with E-state index in [1.165, 1.54) is 0 Å². The highest BCUT2D eigenvalue weighted by Gasteiger charge is 2.21. The van der Waals surface area contributed by atoms with E-state index in [-0.39, 0.29) is 0 Å². The summed E-state index contributed by atoms with van der Waals surface area (Å²) in [6.45, 7) is 4.18. The van der Waals surface area contributed by atoms with Crippen LogP contribution >= 0.6 is 23.2 Å². The number of alkyl halides is 1. The molecular formula is C14H20Cl2FN3. The Morgan fingerprint density at radius 1 is 1.20 bits per heavy atom. The van der Waals surface area contributed by atoms with Crippen LogP contribution in [-0.2, 0) is 0 Å². The van der Waals surface area contributed by atoms with Crippen molar-refractivity contribution in [3.05, 3.63) is 28.2 Å². The standard InChI is InChI=1S/C14H20Cl2FN3/c15-12-2-1-3-13(14(12)16)20-8-6-19(7-9-20)10-11(17)4-5-18/h1-3,11H,4-10,18H2. The van der Waals surface area contributed by atoms with Crippen LogP contribution in [0.4, 0.5) is 10.1 Å². The van der Waals surface area contributed by atoms with Crippen molar-refractivity contribution in [1.82, 2.24) is 4.90 Å². The molecule has 1 aliphatic rings. The van der Waals surface area contributed by atoms with Gasteiger partial charge >= 0.3 is 0 Å². The average molecular weight is 320 g/mol. The molecular weight excluding hydrogens is 300 g/mol. The second kappa shape index (κ2) is 7.46. The molecule has 0 amide bonds. The van der Waals surface area contributed by atoms with Gasteiger partial charge in [-0.2, -0.15) is 0 Å². The van der Waals surface area contributed by atoms with Gasteiger partial charge in [-0.3, -0.25) is 4.90 Å². The lowest BCUT2D eigenvalue weighted by Crippen LogP contribution is -2.48. The van der Waals surface area contributed by atoms with E-state index in [1.807, 2.05) is 12.1 Å². The minimum absolute atomic E-state index is 0.402. The first-order valence-corrected chi connectivity index (χ1v) is 7.63. The molecule has 112 valence electrons. The highest BCUT2D eigenvalue weighted by molar-refractivity contribution is 6.43. The zero-order valence-corrected chi connectivity index (χ0v) is 12.9. The van der Waals surface area contributed by atoms with Crippen molar-refractivity contribution in [3.8, 4) is 0 Å². The summed E-state index contributed by atoms with van der Waals surface area (Å²) in [6.07, 6.45) is -0.401. The fourth-order valence-corrected chi connectivity index (χ4v) is 2.88. The topological polar surface area (TPSA) is 32.5 Å². The molecule has 0 radical (unpaired) electrons. The van der Waals surface area contributed by atoms with Gasteiger partial charge in [0.15, 0.2) is 0 Å². The van der Waals surface area contributed by atoms with Gasteiger partial charge in [0.25, 0.3) is 0 Å². The van der Waals surface area contributed by atoms with E-state index in [4.69, 9.17) is 28.9 Å². The van der Waals surface area contributed by atoms with Gasteiger partial charge in [-0.05, 0) is 25.1 Å². The van der Waals surface area contributed by atoms with Gasteiger partial charge in [0.2, 0.25) is 0 Å². The Hall–Kier alpha value is -0.550. The predicted octanol–water partition coefficient (Wildman–Crippen LogP) is 2.80. The molecule has 0 bridgehead atoms. The van der Waals surface area contributed by atoms with Crippen LogP contribution in [0.25, 0.3) is 0 Å². The van der Waals surface area contributed by atoms with Gasteiger partial charge in [0.05, 0.1) is 15.7 Å². The zero-order chi connectivity index (χ0) is 14.5. The quantitative estimate of drug-likeness (QED) is 0.905. The zero-order valence-electron chi connectivity index (χ0n) is 11.4. The normalized spacial score (nSPS) is 18.3. The van der Waals surface area contributed by atoms with Crippen LogP contribution in [0.2, 0.25) is 10.0 Å². The van der Waals surface area contributed by atoms with Gasteiger partial charge in [0, 0.05) is 32.7 Å². The Morgan fingerprint density at radius 3 is 2.55 bits per heavy atom. The van der Waals surface area contributed by atoms with Gasteiger partial charge in [0.1, 0.15) is 6.17 Å². The molecule has 0 aliphatic carbocycles. The monoisotopic (exact) mass is 319 g/mol. The van der Waals surface area contributed by atoms with E-state index in [9.17, 15) is 4.39 Å². The number of nitrogens with two attached hydrogens (primary N) is 1.